The topological polar surface area (TPSA) is 48.1 Å². The Balaban J connectivity index is 2.35. The number of hydrogen-bond donors (Lipinski definition) is 2. The number of anilines is 1. The normalized spacial score (nSPS) is 10.8. The molecule has 2 aromatic rings. The van der Waals surface area contributed by atoms with E-state index in [1.165, 1.54) is 0 Å². The Morgan fingerprint density at radius 2 is 2.11 bits per heavy atom. The first kappa shape index (κ1) is 12.6. The summed E-state index contributed by atoms with van der Waals surface area (Å²) in [5, 5.41) is 4.14. The number of carbonyl (C=O) groups excluding carboxylic acids is 1. The zero-order valence-corrected chi connectivity index (χ0v) is 11.1. The lowest BCUT2D eigenvalue weighted by molar-refractivity contribution is -0.117. The first-order chi connectivity index (χ1) is 8.65. The van der Waals surface area contributed by atoms with Crippen LogP contribution in [0.4, 0.5) is 5.69 Å². The van der Waals surface area contributed by atoms with E-state index in [-0.39, 0.29) is 5.91 Å². The third-order valence-electron chi connectivity index (χ3n) is 3.10. The minimum atomic E-state index is 0.0738. The smallest absolute Gasteiger partial charge is 0.240 e. The van der Waals surface area contributed by atoms with Gasteiger partial charge in [-0.25, -0.2) is 0 Å². The van der Waals surface area contributed by atoms with Crippen LogP contribution in [0.1, 0.15) is 12.6 Å². The van der Waals surface area contributed by atoms with E-state index < -0.39 is 0 Å². The van der Waals surface area contributed by atoms with Crippen molar-refractivity contribution in [3.05, 3.63) is 30.0 Å². The quantitative estimate of drug-likeness (QED) is 0.866. The lowest BCUT2D eigenvalue weighted by Gasteiger charge is -2.18. The first-order valence-corrected chi connectivity index (χ1v) is 6.19. The van der Waals surface area contributed by atoms with Gasteiger partial charge in [0.15, 0.2) is 0 Å². The second kappa shape index (κ2) is 5.23. The van der Waals surface area contributed by atoms with Crippen LogP contribution in [0.3, 0.4) is 0 Å². The van der Waals surface area contributed by atoms with E-state index in [0.29, 0.717) is 6.54 Å². The summed E-state index contributed by atoms with van der Waals surface area (Å²) < 4.78 is 0. The zero-order valence-electron chi connectivity index (χ0n) is 11.1. The molecule has 0 radical (unpaired) electrons. The highest BCUT2D eigenvalue weighted by molar-refractivity contribution is 6.04. The molecule has 0 bridgehead atoms. The fourth-order valence-corrected chi connectivity index (χ4v) is 2.17. The van der Waals surface area contributed by atoms with Crippen LogP contribution in [0.25, 0.3) is 10.9 Å². The number of hydrogen-bond acceptors (Lipinski definition) is 2. The number of likely N-dealkylation sites (N-methyl/N-ethyl adjacent to an activating group) is 2. The SMILES string of the molecule is CCNCC(=O)N(C)c1c(C)[nH]c2ccccc12. The Morgan fingerprint density at radius 3 is 2.83 bits per heavy atom. The molecule has 2 N–H and O–H groups in total. The molecule has 0 spiro atoms. The first-order valence-electron chi connectivity index (χ1n) is 6.19. The summed E-state index contributed by atoms with van der Waals surface area (Å²) in [5.74, 6) is 0.0738. The van der Waals surface area contributed by atoms with Gasteiger partial charge in [0.1, 0.15) is 0 Å². The third-order valence-corrected chi connectivity index (χ3v) is 3.10. The van der Waals surface area contributed by atoms with Gasteiger partial charge >= 0.3 is 0 Å². The fraction of sp³-hybridized carbons (Fsp3) is 0.357. The minimum Gasteiger partial charge on any atom is -0.357 e. The molecule has 0 unspecified atom stereocenters. The highest BCUT2D eigenvalue weighted by Gasteiger charge is 2.17. The molecule has 0 fully saturated rings. The van der Waals surface area contributed by atoms with Gasteiger partial charge in [0.25, 0.3) is 0 Å². The van der Waals surface area contributed by atoms with E-state index in [1.54, 1.807) is 4.90 Å². The fourth-order valence-electron chi connectivity index (χ4n) is 2.17. The van der Waals surface area contributed by atoms with E-state index in [0.717, 1.165) is 28.8 Å². The second-order valence-corrected chi connectivity index (χ2v) is 4.38. The monoisotopic (exact) mass is 245 g/mol. The van der Waals surface area contributed by atoms with Crippen molar-refractivity contribution in [3.8, 4) is 0 Å². The number of nitrogens with zero attached hydrogens (tertiary/aromatic N) is 1. The van der Waals surface area contributed by atoms with E-state index in [1.807, 2.05) is 45.2 Å². The van der Waals surface area contributed by atoms with Gasteiger partial charge in [-0.3, -0.25) is 4.79 Å². The molecular formula is C14H19N3O. The molecule has 0 saturated carbocycles. The number of para-hydroxylation sites is 1. The molecule has 4 heteroatoms. The van der Waals surface area contributed by atoms with Gasteiger partial charge < -0.3 is 15.2 Å². The van der Waals surface area contributed by atoms with Gasteiger partial charge in [-0.2, -0.15) is 0 Å². The number of fused-ring (bicyclic) bond motifs is 1. The number of aromatic amines is 1. The number of rotatable bonds is 4. The molecule has 96 valence electrons. The molecule has 1 heterocycles. The maximum atomic E-state index is 12.0. The molecular weight excluding hydrogens is 226 g/mol. The Labute approximate surface area is 107 Å². The molecule has 1 amide bonds. The molecule has 0 aliphatic carbocycles. The van der Waals surface area contributed by atoms with Gasteiger partial charge in [0.05, 0.1) is 12.2 Å². The van der Waals surface area contributed by atoms with Crippen LogP contribution < -0.4 is 10.2 Å². The molecule has 0 atom stereocenters. The summed E-state index contributed by atoms with van der Waals surface area (Å²) in [7, 11) is 1.82. The Bertz CT molecular complexity index is 559. The second-order valence-electron chi connectivity index (χ2n) is 4.38. The summed E-state index contributed by atoms with van der Waals surface area (Å²) in [6.07, 6.45) is 0. The predicted molar refractivity (Wildman–Crippen MR) is 75.0 cm³/mol. The van der Waals surface area contributed by atoms with Crippen molar-refractivity contribution in [2.24, 2.45) is 0 Å². The number of nitrogens with one attached hydrogen (secondary N) is 2. The number of aryl methyl sites for hydroxylation is 1. The average molecular weight is 245 g/mol. The average Bonchev–Trinajstić information content (AvgIpc) is 2.70. The van der Waals surface area contributed by atoms with Gasteiger partial charge in [-0.05, 0) is 19.5 Å². The van der Waals surface area contributed by atoms with Gasteiger partial charge in [-0.15, -0.1) is 0 Å². The molecule has 4 nitrogen and oxygen atoms in total. The molecule has 0 aliphatic rings. The molecule has 2 rings (SSSR count). The minimum absolute atomic E-state index is 0.0738. The van der Waals surface area contributed by atoms with E-state index >= 15 is 0 Å². The number of aromatic nitrogens is 1. The van der Waals surface area contributed by atoms with Crippen molar-refractivity contribution in [2.75, 3.05) is 25.0 Å². The van der Waals surface area contributed by atoms with Crippen LogP contribution in [0, 0.1) is 6.92 Å². The van der Waals surface area contributed by atoms with E-state index in [2.05, 4.69) is 10.3 Å². The van der Waals surface area contributed by atoms with Crippen LogP contribution in [0.15, 0.2) is 24.3 Å². The van der Waals surface area contributed by atoms with Crippen LogP contribution >= 0.6 is 0 Å². The van der Waals surface area contributed by atoms with Gasteiger partial charge in [0.2, 0.25) is 5.91 Å². The largest absolute Gasteiger partial charge is 0.357 e. The maximum Gasteiger partial charge on any atom is 0.240 e. The molecule has 0 aliphatic heterocycles. The summed E-state index contributed by atoms with van der Waals surface area (Å²) in [6, 6.07) is 8.03. The standard InChI is InChI=1S/C14H19N3O/c1-4-15-9-13(18)17(3)14-10(2)16-12-8-6-5-7-11(12)14/h5-8,15-16H,4,9H2,1-3H3. The van der Waals surface area contributed by atoms with Crippen LogP contribution in [0.5, 0.6) is 0 Å². The van der Waals surface area contributed by atoms with Crippen molar-refractivity contribution in [1.29, 1.82) is 0 Å². The number of H-pyrrole nitrogens is 1. The Kier molecular flexibility index (Phi) is 3.67. The lowest BCUT2D eigenvalue weighted by Crippen LogP contribution is -2.35. The third kappa shape index (κ3) is 2.24. The van der Waals surface area contributed by atoms with Crippen molar-refractivity contribution >= 4 is 22.5 Å². The summed E-state index contributed by atoms with van der Waals surface area (Å²) in [6.45, 7) is 5.15. The number of carbonyl (C=O) groups is 1. The highest BCUT2D eigenvalue weighted by Crippen LogP contribution is 2.29. The summed E-state index contributed by atoms with van der Waals surface area (Å²) >= 11 is 0. The highest BCUT2D eigenvalue weighted by atomic mass is 16.2. The zero-order chi connectivity index (χ0) is 13.1. The van der Waals surface area contributed by atoms with Crippen molar-refractivity contribution in [3.63, 3.8) is 0 Å². The Morgan fingerprint density at radius 1 is 1.39 bits per heavy atom. The number of benzene rings is 1. The van der Waals surface area contributed by atoms with Crippen LogP contribution in [-0.4, -0.2) is 31.0 Å². The molecule has 18 heavy (non-hydrogen) atoms. The number of amides is 1. The van der Waals surface area contributed by atoms with Crippen LogP contribution in [0.2, 0.25) is 0 Å². The molecule has 0 saturated heterocycles. The van der Waals surface area contributed by atoms with Crippen LogP contribution in [-0.2, 0) is 4.79 Å². The van der Waals surface area contributed by atoms with Gasteiger partial charge in [0, 0.05) is 23.6 Å². The summed E-state index contributed by atoms with van der Waals surface area (Å²) in [4.78, 5) is 17.1. The van der Waals surface area contributed by atoms with Gasteiger partial charge in [-0.1, -0.05) is 25.1 Å². The van der Waals surface area contributed by atoms with Crippen molar-refractivity contribution in [2.45, 2.75) is 13.8 Å². The maximum absolute atomic E-state index is 12.0. The predicted octanol–water partition coefficient (Wildman–Crippen LogP) is 2.05. The summed E-state index contributed by atoms with van der Waals surface area (Å²) in [5.41, 5.74) is 3.05. The van der Waals surface area contributed by atoms with Crippen molar-refractivity contribution in [1.82, 2.24) is 10.3 Å². The molecule has 1 aromatic heterocycles. The van der Waals surface area contributed by atoms with E-state index in [4.69, 9.17) is 0 Å². The lowest BCUT2D eigenvalue weighted by atomic mass is 10.2. The van der Waals surface area contributed by atoms with E-state index in [9.17, 15) is 4.79 Å². The van der Waals surface area contributed by atoms with Crippen molar-refractivity contribution < 1.29 is 4.79 Å². The Hall–Kier alpha value is -1.81. The molecule has 1 aromatic carbocycles.